The standard InChI is InChI=1S/C17H14ClNO/c1-12-7-8-15-14(9-12)16(10-17(18)19-15)20-11-13-5-3-2-4-6-13/h2-10H,11H2,1H3. The Morgan fingerprint density at radius 1 is 1.05 bits per heavy atom. The van der Waals surface area contributed by atoms with Crippen molar-refractivity contribution < 1.29 is 4.74 Å². The Hall–Kier alpha value is -2.06. The molecule has 0 saturated carbocycles. The lowest BCUT2D eigenvalue weighted by molar-refractivity contribution is 0.310. The number of rotatable bonds is 3. The predicted octanol–water partition coefficient (Wildman–Crippen LogP) is 4.78. The van der Waals surface area contributed by atoms with Crippen molar-refractivity contribution in [1.29, 1.82) is 0 Å². The molecule has 0 aliphatic carbocycles. The van der Waals surface area contributed by atoms with Crippen molar-refractivity contribution in [2.24, 2.45) is 0 Å². The van der Waals surface area contributed by atoms with Gasteiger partial charge in [0.25, 0.3) is 0 Å². The maximum Gasteiger partial charge on any atom is 0.133 e. The molecule has 2 nitrogen and oxygen atoms in total. The summed E-state index contributed by atoms with van der Waals surface area (Å²) in [5, 5.41) is 1.44. The van der Waals surface area contributed by atoms with Crippen LogP contribution in [0.5, 0.6) is 5.75 Å². The third kappa shape index (κ3) is 2.75. The summed E-state index contributed by atoms with van der Waals surface area (Å²) in [5.74, 6) is 0.771. The van der Waals surface area contributed by atoms with E-state index in [1.165, 1.54) is 5.56 Å². The average molecular weight is 284 g/mol. The van der Waals surface area contributed by atoms with Crippen LogP contribution in [-0.4, -0.2) is 4.98 Å². The van der Waals surface area contributed by atoms with E-state index < -0.39 is 0 Å². The van der Waals surface area contributed by atoms with Crippen LogP contribution in [0.25, 0.3) is 10.9 Å². The zero-order valence-corrected chi connectivity index (χ0v) is 11.9. The Labute approximate surface area is 123 Å². The normalized spacial score (nSPS) is 10.7. The van der Waals surface area contributed by atoms with Crippen LogP contribution >= 0.6 is 11.6 Å². The fourth-order valence-corrected chi connectivity index (χ4v) is 2.32. The first-order valence-electron chi connectivity index (χ1n) is 6.46. The van der Waals surface area contributed by atoms with Gasteiger partial charge in [0.05, 0.1) is 5.52 Å². The fourth-order valence-electron chi connectivity index (χ4n) is 2.13. The van der Waals surface area contributed by atoms with Crippen LogP contribution in [-0.2, 0) is 6.61 Å². The molecule has 0 fully saturated rings. The number of aromatic nitrogens is 1. The van der Waals surface area contributed by atoms with Crippen LogP contribution in [0.3, 0.4) is 0 Å². The van der Waals surface area contributed by atoms with Crippen LogP contribution in [0, 0.1) is 6.92 Å². The number of halogens is 1. The third-order valence-corrected chi connectivity index (χ3v) is 3.33. The Balaban J connectivity index is 1.96. The summed E-state index contributed by atoms with van der Waals surface area (Å²) in [6.45, 7) is 2.57. The minimum atomic E-state index is 0.449. The van der Waals surface area contributed by atoms with Crippen molar-refractivity contribution in [1.82, 2.24) is 4.98 Å². The monoisotopic (exact) mass is 283 g/mol. The van der Waals surface area contributed by atoms with Crippen molar-refractivity contribution in [3.63, 3.8) is 0 Å². The average Bonchev–Trinajstić information content (AvgIpc) is 2.46. The van der Waals surface area contributed by atoms with Crippen LogP contribution in [0.15, 0.2) is 54.6 Å². The van der Waals surface area contributed by atoms with E-state index in [1.54, 1.807) is 6.07 Å². The summed E-state index contributed by atoms with van der Waals surface area (Å²) in [6, 6.07) is 17.9. The Morgan fingerprint density at radius 3 is 2.65 bits per heavy atom. The number of ether oxygens (including phenoxy) is 1. The van der Waals surface area contributed by atoms with Gasteiger partial charge in [0.1, 0.15) is 17.5 Å². The molecule has 0 aliphatic rings. The molecule has 3 aromatic rings. The van der Waals surface area contributed by atoms with Gasteiger partial charge in [-0.25, -0.2) is 4.98 Å². The number of benzene rings is 2. The lowest BCUT2D eigenvalue weighted by atomic mass is 10.1. The highest BCUT2D eigenvalue weighted by atomic mass is 35.5. The van der Waals surface area contributed by atoms with Gasteiger partial charge in [-0.05, 0) is 24.6 Å². The number of nitrogens with zero attached hydrogens (tertiary/aromatic N) is 1. The molecule has 0 spiro atoms. The van der Waals surface area contributed by atoms with E-state index in [2.05, 4.69) is 18.0 Å². The maximum atomic E-state index is 6.05. The van der Waals surface area contributed by atoms with Gasteiger partial charge in [0, 0.05) is 11.5 Å². The first-order chi connectivity index (χ1) is 9.72. The molecule has 2 aromatic carbocycles. The lowest BCUT2D eigenvalue weighted by Gasteiger charge is -2.10. The Bertz CT molecular complexity index is 741. The molecule has 3 rings (SSSR count). The molecule has 0 saturated heterocycles. The first kappa shape index (κ1) is 12.9. The van der Waals surface area contributed by atoms with Crippen LogP contribution < -0.4 is 4.74 Å². The highest BCUT2D eigenvalue weighted by molar-refractivity contribution is 6.30. The van der Waals surface area contributed by atoms with E-state index in [1.807, 2.05) is 42.5 Å². The first-order valence-corrected chi connectivity index (χ1v) is 6.84. The fraction of sp³-hybridized carbons (Fsp3) is 0.118. The second kappa shape index (κ2) is 5.51. The van der Waals surface area contributed by atoms with Gasteiger partial charge in [0.15, 0.2) is 0 Å². The van der Waals surface area contributed by atoms with E-state index >= 15 is 0 Å². The van der Waals surface area contributed by atoms with Crippen molar-refractivity contribution in [3.8, 4) is 5.75 Å². The van der Waals surface area contributed by atoms with Crippen LogP contribution in [0.4, 0.5) is 0 Å². The van der Waals surface area contributed by atoms with Gasteiger partial charge >= 0.3 is 0 Å². The highest BCUT2D eigenvalue weighted by Gasteiger charge is 2.06. The smallest absolute Gasteiger partial charge is 0.133 e. The van der Waals surface area contributed by atoms with Crippen molar-refractivity contribution in [3.05, 3.63) is 70.9 Å². The quantitative estimate of drug-likeness (QED) is 0.646. The molecule has 0 bridgehead atoms. The van der Waals surface area contributed by atoms with E-state index in [0.29, 0.717) is 11.8 Å². The second-order valence-electron chi connectivity index (χ2n) is 4.74. The van der Waals surface area contributed by atoms with Gasteiger partial charge in [-0.3, -0.25) is 0 Å². The molecule has 0 unspecified atom stereocenters. The molecule has 1 aromatic heterocycles. The molecular weight excluding hydrogens is 270 g/mol. The molecule has 20 heavy (non-hydrogen) atoms. The molecule has 1 heterocycles. The van der Waals surface area contributed by atoms with Gasteiger partial charge < -0.3 is 4.74 Å². The number of hydrogen-bond donors (Lipinski definition) is 0. The molecule has 0 atom stereocenters. The number of hydrogen-bond acceptors (Lipinski definition) is 2. The summed E-state index contributed by atoms with van der Waals surface area (Å²) in [7, 11) is 0. The van der Waals surface area contributed by atoms with E-state index in [0.717, 1.165) is 22.2 Å². The summed E-state index contributed by atoms with van der Waals surface area (Å²) < 4.78 is 5.92. The number of pyridine rings is 1. The van der Waals surface area contributed by atoms with Gasteiger partial charge in [-0.15, -0.1) is 0 Å². The van der Waals surface area contributed by atoms with Crippen LogP contribution in [0.1, 0.15) is 11.1 Å². The maximum absolute atomic E-state index is 6.05. The largest absolute Gasteiger partial charge is 0.488 e. The highest BCUT2D eigenvalue weighted by Crippen LogP contribution is 2.29. The van der Waals surface area contributed by atoms with Crippen LogP contribution in [0.2, 0.25) is 5.15 Å². The molecule has 0 N–H and O–H groups in total. The van der Waals surface area contributed by atoms with Crippen molar-refractivity contribution >= 4 is 22.5 Å². The molecule has 0 amide bonds. The number of fused-ring (bicyclic) bond motifs is 1. The summed E-state index contributed by atoms with van der Waals surface area (Å²) in [5.41, 5.74) is 3.15. The summed E-state index contributed by atoms with van der Waals surface area (Å²) >= 11 is 6.05. The molecule has 0 radical (unpaired) electrons. The molecule has 3 heteroatoms. The van der Waals surface area contributed by atoms with Crippen molar-refractivity contribution in [2.75, 3.05) is 0 Å². The predicted molar refractivity (Wildman–Crippen MR) is 82.3 cm³/mol. The lowest BCUT2D eigenvalue weighted by Crippen LogP contribution is -1.97. The molecular formula is C17H14ClNO. The number of aryl methyl sites for hydroxylation is 1. The summed E-state index contributed by atoms with van der Waals surface area (Å²) in [6.07, 6.45) is 0. The Morgan fingerprint density at radius 2 is 1.85 bits per heavy atom. The van der Waals surface area contributed by atoms with Gasteiger partial charge in [-0.1, -0.05) is 53.6 Å². The zero-order chi connectivity index (χ0) is 13.9. The molecule has 100 valence electrons. The van der Waals surface area contributed by atoms with E-state index in [9.17, 15) is 0 Å². The van der Waals surface area contributed by atoms with Crippen molar-refractivity contribution in [2.45, 2.75) is 13.5 Å². The summed E-state index contributed by atoms with van der Waals surface area (Å²) in [4.78, 5) is 4.32. The SMILES string of the molecule is Cc1ccc2nc(Cl)cc(OCc3ccccc3)c2c1. The topological polar surface area (TPSA) is 22.1 Å². The zero-order valence-electron chi connectivity index (χ0n) is 11.1. The van der Waals surface area contributed by atoms with Gasteiger partial charge in [-0.2, -0.15) is 0 Å². The second-order valence-corrected chi connectivity index (χ2v) is 5.13. The molecule has 0 aliphatic heterocycles. The minimum Gasteiger partial charge on any atom is -0.488 e. The van der Waals surface area contributed by atoms with E-state index in [4.69, 9.17) is 16.3 Å². The van der Waals surface area contributed by atoms with E-state index in [-0.39, 0.29) is 0 Å². The van der Waals surface area contributed by atoms with Gasteiger partial charge in [0.2, 0.25) is 0 Å². The minimum absolute atomic E-state index is 0.449. The Kier molecular flexibility index (Phi) is 3.57. The third-order valence-electron chi connectivity index (χ3n) is 3.13.